The van der Waals surface area contributed by atoms with Gasteiger partial charge in [0.25, 0.3) is 0 Å². The number of carboxylic acids is 1. The van der Waals surface area contributed by atoms with Gasteiger partial charge in [0.15, 0.2) is 0 Å². The number of allylic oxidation sites excluding steroid dienone is 2. The van der Waals surface area contributed by atoms with Crippen molar-refractivity contribution in [1.29, 1.82) is 0 Å². The van der Waals surface area contributed by atoms with Crippen molar-refractivity contribution in [3.8, 4) is 0 Å². The number of rotatable bonds is 15. The van der Waals surface area contributed by atoms with Crippen molar-refractivity contribution >= 4 is 17.6 Å². The molecule has 0 aromatic carbocycles. The quantitative estimate of drug-likeness (QED) is 0.218. The Balaban J connectivity index is 3.17. The van der Waals surface area contributed by atoms with E-state index in [-0.39, 0.29) is 0 Å². The number of hydrogen-bond acceptors (Lipinski definition) is 1. The van der Waals surface area contributed by atoms with Crippen LogP contribution in [-0.4, -0.2) is 16.5 Å². The van der Waals surface area contributed by atoms with E-state index < -0.39 is 11.3 Å². The lowest BCUT2D eigenvalue weighted by Gasteiger charge is -2.03. The molecule has 1 unspecified atom stereocenters. The molecular formula is C18H33ClO2. The number of carboxylic acid groups (broad SMARTS) is 1. The Morgan fingerprint density at radius 2 is 1.38 bits per heavy atom. The Labute approximate surface area is 136 Å². The Morgan fingerprint density at radius 3 is 1.90 bits per heavy atom. The fourth-order valence-electron chi connectivity index (χ4n) is 2.34. The molecule has 2 nitrogen and oxygen atoms in total. The molecule has 21 heavy (non-hydrogen) atoms. The molecular weight excluding hydrogens is 284 g/mol. The first-order valence-corrected chi connectivity index (χ1v) is 9.14. The van der Waals surface area contributed by atoms with E-state index in [0.29, 0.717) is 6.42 Å². The van der Waals surface area contributed by atoms with E-state index in [1.54, 1.807) is 0 Å². The second-order valence-corrected chi connectivity index (χ2v) is 6.35. The largest absolute Gasteiger partial charge is 0.480 e. The van der Waals surface area contributed by atoms with E-state index in [1.165, 1.54) is 57.8 Å². The fraction of sp³-hybridized carbons (Fsp3) is 0.833. The van der Waals surface area contributed by atoms with Gasteiger partial charge in [0.1, 0.15) is 5.38 Å². The molecule has 0 fully saturated rings. The molecule has 0 aliphatic rings. The third-order valence-corrected chi connectivity index (χ3v) is 4.14. The zero-order chi connectivity index (χ0) is 15.8. The zero-order valence-corrected chi connectivity index (χ0v) is 14.4. The van der Waals surface area contributed by atoms with Crippen LogP contribution in [0.5, 0.6) is 0 Å². The maximum absolute atomic E-state index is 10.5. The van der Waals surface area contributed by atoms with Gasteiger partial charge in [0.05, 0.1) is 0 Å². The van der Waals surface area contributed by atoms with Crippen LogP contribution in [0.15, 0.2) is 12.2 Å². The SMILES string of the molecule is CCCCCCCCC=CCCCCCCC(Cl)C(=O)O. The standard InChI is InChI=1S/C18H33ClO2/c1-2-3-4-5-6-7-8-9-10-11-12-13-14-15-16-17(19)18(20)21/h9-10,17H,2-8,11-16H2,1H3,(H,20,21). The van der Waals surface area contributed by atoms with Crippen molar-refractivity contribution in [3.63, 3.8) is 0 Å². The predicted octanol–water partition coefficient (Wildman–Crippen LogP) is 6.33. The molecule has 0 saturated heterocycles. The molecule has 3 heteroatoms. The first kappa shape index (κ1) is 20.5. The van der Waals surface area contributed by atoms with Gasteiger partial charge in [0.2, 0.25) is 0 Å². The number of halogens is 1. The highest BCUT2D eigenvalue weighted by molar-refractivity contribution is 6.29. The number of carbonyl (C=O) groups is 1. The monoisotopic (exact) mass is 316 g/mol. The molecule has 0 saturated carbocycles. The molecule has 0 heterocycles. The van der Waals surface area contributed by atoms with Gasteiger partial charge >= 0.3 is 5.97 Å². The van der Waals surface area contributed by atoms with Crippen molar-refractivity contribution in [3.05, 3.63) is 12.2 Å². The summed E-state index contributed by atoms with van der Waals surface area (Å²) < 4.78 is 0. The summed E-state index contributed by atoms with van der Waals surface area (Å²) in [6.07, 6.45) is 20.1. The van der Waals surface area contributed by atoms with Crippen LogP contribution in [0.1, 0.15) is 90.4 Å². The van der Waals surface area contributed by atoms with E-state index in [0.717, 1.165) is 19.3 Å². The molecule has 0 aliphatic carbocycles. The highest BCUT2D eigenvalue weighted by atomic mass is 35.5. The first-order chi connectivity index (χ1) is 10.2. The van der Waals surface area contributed by atoms with Crippen LogP contribution < -0.4 is 0 Å². The van der Waals surface area contributed by atoms with E-state index in [4.69, 9.17) is 16.7 Å². The lowest BCUT2D eigenvalue weighted by molar-refractivity contribution is -0.136. The summed E-state index contributed by atoms with van der Waals surface area (Å²) in [5.41, 5.74) is 0. The van der Waals surface area contributed by atoms with E-state index in [1.807, 2.05) is 0 Å². The van der Waals surface area contributed by atoms with Gasteiger partial charge in [-0.2, -0.15) is 0 Å². The van der Waals surface area contributed by atoms with Crippen LogP contribution in [0.4, 0.5) is 0 Å². The van der Waals surface area contributed by atoms with Crippen LogP contribution in [-0.2, 0) is 4.79 Å². The van der Waals surface area contributed by atoms with Crippen LogP contribution in [0, 0.1) is 0 Å². The summed E-state index contributed by atoms with van der Waals surface area (Å²) in [6.45, 7) is 2.25. The normalized spacial score (nSPS) is 12.9. The van der Waals surface area contributed by atoms with E-state index in [2.05, 4.69) is 19.1 Å². The van der Waals surface area contributed by atoms with Gasteiger partial charge < -0.3 is 5.11 Å². The molecule has 0 rings (SSSR count). The Bertz CT molecular complexity index is 264. The fourth-order valence-corrected chi connectivity index (χ4v) is 2.50. The molecule has 1 N–H and O–H groups in total. The highest BCUT2D eigenvalue weighted by Gasteiger charge is 2.11. The third-order valence-electron chi connectivity index (χ3n) is 3.74. The van der Waals surface area contributed by atoms with Crippen molar-refractivity contribution < 1.29 is 9.90 Å². The molecule has 0 aromatic heterocycles. The van der Waals surface area contributed by atoms with Gasteiger partial charge in [-0.25, -0.2) is 0 Å². The molecule has 0 amide bonds. The second kappa shape index (κ2) is 15.9. The van der Waals surface area contributed by atoms with Gasteiger partial charge in [0, 0.05) is 0 Å². The van der Waals surface area contributed by atoms with Crippen molar-refractivity contribution in [2.45, 2.75) is 95.8 Å². The second-order valence-electron chi connectivity index (χ2n) is 5.83. The summed E-state index contributed by atoms with van der Waals surface area (Å²) in [7, 11) is 0. The highest BCUT2D eigenvalue weighted by Crippen LogP contribution is 2.12. The summed E-state index contributed by atoms with van der Waals surface area (Å²) in [5.74, 6) is -0.894. The minimum atomic E-state index is -0.894. The molecule has 124 valence electrons. The van der Waals surface area contributed by atoms with Crippen LogP contribution in [0.25, 0.3) is 0 Å². The van der Waals surface area contributed by atoms with Crippen molar-refractivity contribution in [2.75, 3.05) is 0 Å². The average Bonchev–Trinajstić information content (AvgIpc) is 2.47. The molecule has 0 bridgehead atoms. The van der Waals surface area contributed by atoms with Crippen molar-refractivity contribution in [1.82, 2.24) is 0 Å². The number of aliphatic carboxylic acids is 1. The maximum Gasteiger partial charge on any atom is 0.321 e. The Hall–Kier alpha value is -0.500. The molecule has 0 spiro atoms. The van der Waals surface area contributed by atoms with Gasteiger partial charge in [-0.15, -0.1) is 11.6 Å². The smallest absolute Gasteiger partial charge is 0.321 e. The average molecular weight is 317 g/mol. The van der Waals surface area contributed by atoms with Crippen LogP contribution in [0.2, 0.25) is 0 Å². The summed E-state index contributed by atoms with van der Waals surface area (Å²) >= 11 is 5.66. The van der Waals surface area contributed by atoms with Crippen molar-refractivity contribution in [2.24, 2.45) is 0 Å². The van der Waals surface area contributed by atoms with Crippen LogP contribution in [0.3, 0.4) is 0 Å². The molecule has 0 aromatic rings. The molecule has 1 atom stereocenters. The maximum atomic E-state index is 10.5. The van der Waals surface area contributed by atoms with Gasteiger partial charge in [-0.1, -0.05) is 70.4 Å². The minimum absolute atomic E-state index is 0.588. The number of unbranched alkanes of at least 4 members (excludes halogenated alkanes) is 10. The predicted molar refractivity (Wildman–Crippen MR) is 92.1 cm³/mol. The van der Waals surface area contributed by atoms with E-state index in [9.17, 15) is 4.79 Å². The first-order valence-electron chi connectivity index (χ1n) is 8.70. The van der Waals surface area contributed by atoms with Crippen LogP contribution >= 0.6 is 11.6 Å². The summed E-state index contributed by atoms with van der Waals surface area (Å²) in [4.78, 5) is 10.5. The third kappa shape index (κ3) is 15.7. The summed E-state index contributed by atoms with van der Waals surface area (Å²) in [5, 5.41) is 7.94. The van der Waals surface area contributed by atoms with E-state index >= 15 is 0 Å². The lowest BCUT2D eigenvalue weighted by Crippen LogP contribution is -2.12. The lowest BCUT2D eigenvalue weighted by atomic mass is 10.1. The number of hydrogen-bond donors (Lipinski definition) is 1. The Kier molecular flexibility index (Phi) is 15.5. The van der Waals surface area contributed by atoms with Gasteiger partial charge in [-0.3, -0.25) is 4.79 Å². The molecule has 0 aliphatic heterocycles. The zero-order valence-electron chi connectivity index (χ0n) is 13.7. The molecule has 0 radical (unpaired) electrons. The topological polar surface area (TPSA) is 37.3 Å². The van der Waals surface area contributed by atoms with Gasteiger partial charge in [-0.05, 0) is 32.1 Å². The minimum Gasteiger partial charge on any atom is -0.480 e. The number of alkyl halides is 1. The Morgan fingerprint density at radius 1 is 0.905 bits per heavy atom. The summed E-state index contributed by atoms with van der Waals surface area (Å²) in [6, 6.07) is 0.